The molecule has 15 heteroatoms. The summed E-state index contributed by atoms with van der Waals surface area (Å²) >= 11 is 25.1. The van der Waals surface area contributed by atoms with Crippen LogP contribution in [-0.4, -0.2) is 48.5 Å². The number of hydrogen-bond donors (Lipinski definition) is 3. The van der Waals surface area contributed by atoms with E-state index in [4.69, 9.17) is 55.9 Å². The lowest BCUT2D eigenvalue weighted by Crippen LogP contribution is -2.46. The number of benzene rings is 1. The maximum Gasteiger partial charge on any atom is 0.346 e. The number of hydrogen-bond acceptors (Lipinski definition) is 6. The second-order valence-corrected chi connectivity index (χ2v) is 13.0. The van der Waals surface area contributed by atoms with E-state index in [0.717, 1.165) is 11.3 Å². The molecule has 0 fully saturated rings. The lowest BCUT2D eigenvalue weighted by atomic mass is 10.2. The number of nitrogens with one attached hydrogen (secondary N) is 1. The fourth-order valence-electron chi connectivity index (χ4n) is 2.96. The highest BCUT2D eigenvalue weighted by Crippen LogP contribution is 2.54. The fourth-order valence-corrected chi connectivity index (χ4v) is 8.28. The van der Waals surface area contributed by atoms with Gasteiger partial charge in [0.1, 0.15) is 27.7 Å². The van der Waals surface area contributed by atoms with Gasteiger partial charge in [-0.2, -0.15) is 4.72 Å². The molecule has 0 saturated heterocycles. The summed E-state index contributed by atoms with van der Waals surface area (Å²) in [6, 6.07) is 1.27. The zero-order valence-corrected chi connectivity index (χ0v) is 22.6. The van der Waals surface area contributed by atoms with Gasteiger partial charge < -0.3 is 19.3 Å². The molecular formula is C17H22Cl4NO7PS2. The summed E-state index contributed by atoms with van der Waals surface area (Å²) in [4.78, 5) is 19.6. The Morgan fingerprint density at radius 2 is 1.56 bits per heavy atom. The molecule has 0 unspecified atom stereocenters. The van der Waals surface area contributed by atoms with E-state index in [1.54, 1.807) is 0 Å². The molecule has 0 spiro atoms. The molecule has 0 amide bonds. The Morgan fingerprint density at radius 3 is 2.00 bits per heavy atom. The van der Waals surface area contributed by atoms with Crippen molar-refractivity contribution in [3.63, 3.8) is 0 Å². The van der Waals surface area contributed by atoms with Gasteiger partial charge in [-0.1, -0.05) is 37.0 Å². The van der Waals surface area contributed by atoms with Crippen LogP contribution in [0.25, 0.3) is 10.1 Å². The van der Waals surface area contributed by atoms with Crippen LogP contribution in [0.15, 0.2) is 10.3 Å². The van der Waals surface area contributed by atoms with E-state index in [0.29, 0.717) is 4.70 Å². The number of sulfonamides is 1. The maximum atomic E-state index is 13.1. The third kappa shape index (κ3) is 5.62. The van der Waals surface area contributed by atoms with E-state index < -0.39 is 22.9 Å². The third-order valence-electron chi connectivity index (χ3n) is 4.71. The molecule has 182 valence electrons. The quantitative estimate of drug-likeness (QED) is 0.224. The third-order valence-corrected chi connectivity index (χ3v) is 11.0. The van der Waals surface area contributed by atoms with E-state index in [2.05, 4.69) is 4.72 Å². The number of halogens is 4. The SMILES string of the molecule is CCC(CC)(NS(=O)(=O)c1cc2c(Cl)c(OCCCl)c(OCCCl)c(Cl)c2s1)P(=O)(O)O. The van der Waals surface area contributed by atoms with Gasteiger partial charge in [0.15, 0.2) is 11.5 Å². The summed E-state index contributed by atoms with van der Waals surface area (Å²) in [6.45, 7) is 3.17. The van der Waals surface area contributed by atoms with Gasteiger partial charge in [0.25, 0.3) is 10.0 Å². The van der Waals surface area contributed by atoms with Gasteiger partial charge in [0.05, 0.1) is 21.5 Å². The molecule has 1 aromatic heterocycles. The summed E-state index contributed by atoms with van der Waals surface area (Å²) in [7, 11) is -9.17. The predicted octanol–water partition coefficient (Wildman–Crippen LogP) is 5.42. The van der Waals surface area contributed by atoms with Crippen molar-refractivity contribution >= 4 is 85.4 Å². The highest BCUT2D eigenvalue weighted by Gasteiger charge is 2.47. The first kappa shape index (κ1) is 28.2. The van der Waals surface area contributed by atoms with Crippen molar-refractivity contribution < 1.29 is 32.2 Å². The van der Waals surface area contributed by atoms with Crippen LogP contribution in [0.1, 0.15) is 26.7 Å². The second kappa shape index (κ2) is 11.2. The molecule has 1 aromatic carbocycles. The van der Waals surface area contributed by atoms with Gasteiger partial charge in [-0.25, -0.2) is 8.42 Å². The van der Waals surface area contributed by atoms with Gasteiger partial charge in [-0.3, -0.25) is 4.57 Å². The average Bonchev–Trinajstić information content (AvgIpc) is 3.19. The van der Waals surface area contributed by atoms with Crippen LogP contribution in [0.2, 0.25) is 10.0 Å². The number of thiophene rings is 1. The number of alkyl halides is 2. The molecule has 0 bridgehead atoms. The largest absolute Gasteiger partial charge is 0.487 e. The highest BCUT2D eigenvalue weighted by molar-refractivity contribution is 7.92. The average molecular weight is 589 g/mol. The van der Waals surface area contributed by atoms with Gasteiger partial charge in [-0.15, -0.1) is 34.5 Å². The van der Waals surface area contributed by atoms with E-state index in [-0.39, 0.29) is 69.0 Å². The van der Waals surface area contributed by atoms with Crippen molar-refractivity contribution in [2.45, 2.75) is 36.2 Å². The lowest BCUT2D eigenvalue weighted by Gasteiger charge is -2.32. The Kier molecular flexibility index (Phi) is 9.85. The fraction of sp³-hybridized carbons (Fsp3) is 0.529. The molecule has 0 aliphatic carbocycles. The van der Waals surface area contributed by atoms with Crippen LogP contribution in [0.5, 0.6) is 11.5 Å². The first-order valence-electron chi connectivity index (χ1n) is 9.30. The van der Waals surface area contributed by atoms with E-state index in [1.165, 1.54) is 19.9 Å². The van der Waals surface area contributed by atoms with Gasteiger partial charge in [-0.05, 0) is 18.9 Å². The Balaban J connectivity index is 2.67. The van der Waals surface area contributed by atoms with Crippen LogP contribution >= 0.6 is 65.3 Å². The molecule has 32 heavy (non-hydrogen) atoms. The standard InChI is InChI=1S/C17H22Cl4NO7PS2/c1-3-17(4-2,30(23,24)25)22-32(26,27)11-9-10-12(20)14(28-7-5-18)15(29-8-6-19)13(21)16(10)31-11/h9,22H,3-8H2,1-2H3,(H2,23,24,25). The maximum absolute atomic E-state index is 13.1. The zero-order chi connectivity index (χ0) is 24.3. The van der Waals surface area contributed by atoms with Crippen LogP contribution in [0.4, 0.5) is 0 Å². The predicted molar refractivity (Wildman–Crippen MR) is 130 cm³/mol. The number of ether oxygens (including phenoxy) is 2. The molecule has 1 heterocycles. The first-order valence-corrected chi connectivity index (χ1v) is 15.0. The Hall–Kier alpha value is -0.000000000000000319. The van der Waals surface area contributed by atoms with Crippen molar-refractivity contribution in [2.24, 2.45) is 0 Å². The van der Waals surface area contributed by atoms with Crippen molar-refractivity contribution in [2.75, 3.05) is 25.0 Å². The smallest absolute Gasteiger partial charge is 0.346 e. The van der Waals surface area contributed by atoms with Crippen molar-refractivity contribution in [3.8, 4) is 11.5 Å². The molecule has 2 rings (SSSR count). The Morgan fingerprint density at radius 1 is 1.06 bits per heavy atom. The summed E-state index contributed by atoms with van der Waals surface area (Å²) in [5, 5.41) is -1.54. The van der Waals surface area contributed by atoms with Crippen LogP contribution in [0, 0.1) is 0 Å². The molecule has 2 aromatic rings. The monoisotopic (exact) mass is 587 g/mol. The van der Waals surface area contributed by atoms with Crippen molar-refractivity contribution in [3.05, 3.63) is 16.1 Å². The van der Waals surface area contributed by atoms with E-state index in [9.17, 15) is 22.8 Å². The van der Waals surface area contributed by atoms with Gasteiger partial charge in [0.2, 0.25) is 0 Å². The van der Waals surface area contributed by atoms with E-state index >= 15 is 0 Å². The lowest BCUT2D eigenvalue weighted by molar-refractivity contribution is 0.291. The van der Waals surface area contributed by atoms with Crippen molar-refractivity contribution in [1.82, 2.24) is 4.72 Å². The van der Waals surface area contributed by atoms with Crippen LogP contribution < -0.4 is 14.2 Å². The zero-order valence-electron chi connectivity index (χ0n) is 17.0. The molecule has 8 nitrogen and oxygen atoms in total. The van der Waals surface area contributed by atoms with Crippen molar-refractivity contribution in [1.29, 1.82) is 0 Å². The van der Waals surface area contributed by atoms with Gasteiger partial charge >= 0.3 is 7.60 Å². The molecular weight excluding hydrogens is 567 g/mol. The minimum atomic E-state index is -4.82. The second-order valence-electron chi connectivity index (χ2n) is 6.56. The molecule has 0 radical (unpaired) electrons. The molecule has 0 aliphatic rings. The highest BCUT2D eigenvalue weighted by atomic mass is 35.5. The summed E-state index contributed by atoms with van der Waals surface area (Å²) in [6.07, 6.45) is -0.238. The minimum Gasteiger partial charge on any atom is -0.487 e. The molecule has 0 saturated carbocycles. The van der Waals surface area contributed by atoms with Crippen LogP contribution in [-0.2, 0) is 14.6 Å². The molecule has 3 N–H and O–H groups in total. The van der Waals surface area contributed by atoms with Crippen LogP contribution in [0.3, 0.4) is 0 Å². The number of rotatable bonds is 12. The van der Waals surface area contributed by atoms with E-state index in [1.807, 2.05) is 0 Å². The first-order chi connectivity index (χ1) is 14.9. The normalized spacial score (nSPS) is 13.0. The summed E-state index contributed by atoms with van der Waals surface area (Å²) in [5.41, 5.74) is 0. The minimum absolute atomic E-state index is 0.0593. The Labute approximate surface area is 210 Å². The number of fused-ring (bicyclic) bond motifs is 1. The van der Waals surface area contributed by atoms with Gasteiger partial charge in [0, 0.05) is 5.39 Å². The Bertz CT molecular complexity index is 1070. The molecule has 0 aliphatic heterocycles. The topological polar surface area (TPSA) is 122 Å². The summed E-state index contributed by atoms with van der Waals surface area (Å²) in [5.74, 6) is 0.511. The summed E-state index contributed by atoms with van der Waals surface area (Å²) < 4.78 is 51.7. The molecule has 0 atom stereocenters.